The summed E-state index contributed by atoms with van der Waals surface area (Å²) in [6.07, 6.45) is 3.27. The Bertz CT molecular complexity index is 341. The molecule has 82 valence electrons. The topological polar surface area (TPSA) is 47.4 Å². The molecule has 4 nitrogen and oxygen atoms in total. The van der Waals surface area contributed by atoms with Gasteiger partial charge in [-0.15, -0.1) is 11.8 Å². The molecule has 0 N–H and O–H groups in total. The molecule has 1 heterocycles. The number of hydrogen-bond donors (Lipinski definition) is 0. The van der Waals surface area contributed by atoms with Gasteiger partial charge in [0.1, 0.15) is 17.3 Å². The molecule has 0 aliphatic rings. The van der Waals surface area contributed by atoms with Crippen molar-refractivity contribution in [3.8, 4) is 0 Å². The monoisotopic (exact) mass is 225 g/mol. The van der Waals surface area contributed by atoms with Crippen LogP contribution >= 0.6 is 11.8 Å². The highest BCUT2D eigenvalue weighted by molar-refractivity contribution is 7.99. The second-order valence-electron chi connectivity index (χ2n) is 2.77. The predicted octanol–water partition coefficient (Wildman–Crippen LogP) is 2.27. The van der Waals surface area contributed by atoms with Crippen molar-refractivity contribution in [2.75, 3.05) is 12.4 Å². The molecule has 0 aliphatic carbocycles. The van der Waals surface area contributed by atoms with Gasteiger partial charge in [0.25, 0.3) is 0 Å². The molecule has 0 fully saturated rings. The molecule has 5 heteroatoms. The van der Waals surface area contributed by atoms with E-state index in [4.69, 9.17) is 4.84 Å². The second-order valence-corrected chi connectivity index (χ2v) is 4.02. The normalized spacial score (nSPS) is 10.9. The molecule has 1 aromatic heterocycles. The number of thioether (sulfide) groups is 1. The zero-order valence-corrected chi connectivity index (χ0v) is 10.0. The van der Waals surface area contributed by atoms with Crippen molar-refractivity contribution >= 4 is 18.0 Å². The fourth-order valence-corrected chi connectivity index (χ4v) is 1.65. The maximum atomic E-state index is 4.86. The van der Waals surface area contributed by atoms with Gasteiger partial charge >= 0.3 is 0 Å². The first-order chi connectivity index (χ1) is 7.27. The largest absolute Gasteiger partial charge is 0.396 e. The highest BCUT2D eigenvalue weighted by atomic mass is 32.2. The molecule has 0 aromatic carbocycles. The van der Waals surface area contributed by atoms with Crippen molar-refractivity contribution in [2.45, 2.75) is 25.8 Å². The van der Waals surface area contributed by atoms with E-state index in [0.717, 1.165) is 22.2 Å². The first kappa shape index (κ1) is 12.0. The van der Waals surface area contributed by atoms with Crippen molar-refractivity contribution in [2.24, 2.45) is 5.16 Å². The molecule has 0 saturated heterocycles. The fourth-order valence-electron chi connectivity index (χ4n) is 0.947. The van der Waals surface area contributed by atoms with Gasteiger partial charge in [-0.2, -0.15) is 0 Å². The fraction of sp³-hybridized carbons (Fsp3) is 0.500. The lowest BCUT2D eigenvalue weighted by molar-refractivity contribution is 0.160. The summed E-state index contributed by atoms with van der Waals surface area (Å²) in [4.78, 5) is 13.5. The first-order valence-electron chi connectivity index (χ1n) is 4.89. The number of aryl methyl sites for hydroxylation is 1. The van der Waals surface area contributed by atoms with Crippen LogP contribution in [-0.2, 0) is 4.84 Å². The van der Waals surface area contributed by atoms with Crippen LogP contribution in [0, 0.1) is 6.92 Å². The molecule has 0 bridgehead atoms. The zero-order chi connectivity index (χ0) is 11.1. The lowest BCUT2D eigenvalue weighted by atomic mass is 10.4. The molecule has 0 amide bonds. The molecule has 0 saturated carbocycles. The van der Waals surface area contributed by atoms with Crippen molar-refractivity contribution in [3.63, 3.8) is 0 Å². The maximum absolute atomic E-state index is 4.86. The Kier molecular flexibility index (Phi) is 5.10. The summed E-state index contributed by atoms with van der Waals surface area (Å²) in [5.74, 6) is 0.988. The Hall–Kier alpha value is -1.10. The van der Waals surface area contributed by atoms with Gasteiger partial charge in [-0.25, -0.2) is 4.98 Å². The van der Waals surface area contributed by atoms with Crippen molar-refractivity contribution in [1.29, 1.82) is 0 Å². The third-order valence-electron chi connectivity index (χ3n) is 1.60. The van der Waals surface area contributed by atoms with Crippen molar-refractivity contribution in [3.05, 3.63) is 17.6 Å². The number of oxime groups is 1. The van der Waals surface area contributed by atoms with Crippen LogP contribution in [0.4, 0.5) is 0 Å². The molecule has 0 spiro atoms. The molecule has 0 atom stereocenters. The van der Waals surface area contributed by atoms with Crippen LogP contribution in [0.5, 0.6) is 0 Å². The van der Waals surface area contributed by atoms with Gasteiger partial charge in [-0.05, 0) is 19.6 Å². The number of rotatable bonds is 5. The van der Waals surface area contributed by atoms with Gasteiger partial charge in [-0.3, -0.25) is 4.98 Å². The van der Waals surface area contributed by atoms with E-state index in [1.54, 1.807) is 24.2 Å². The quantitative estimate of drug-likeness (QED) is 0.438. The Labute approximate surface area is 94.1 Å². The van der Waals surface area contributed by atoms with Gasteiger partial charge in [0, 0.05) is 0 Å². The van der Waals surface area contributed by atoms with Gasteiger partial charge in [-0.1, -0.05) is 12.1 Å². The predicted molar refractivity (Wildman–Crippen MR) is 62.4 cm³/mol. The van der Waals surface area contributed by atoms with Crippen LogP contribution < -0.4 is 0 Å². The lowest BCUT2D eigenvalue weighted by Gasteiger charge is -2.02. The second kappa shape index (κ2) is 6.40. The summed E-state index contributed by atoms with van der Waals surface area (Å²) in [6.45, 7) is 6.49. The van der Waals surface area contributed by atoms with Crippen LogP contribution in [0.25, 0.3) is 0 Å². The minimum Gasteiger partial charge on any atom is -0.396 e. The summed E-state index contributed by atoms with van der Waals surface area (Å²) in [7, 11) is 0. The van der Waals surface area contributed by atoms with E-state index in [9.17, 15) is 0 Å². The molecule has 0 aliphatic heterocycles. The third kappa shape index (κ3) is 3.87. The van der Waals surface area contributed by atoms with E-state index >= 15 is 0 Å². The van der Waals surface area contributed by atoms with Crippen molar-refractivity contribution < 1.29 is 4.84 Å². The van der Waals surface area contributed by atoms with Crippen LogP contribution in [0.1, 0.15) is 25.2 Å². The SMILES string of the molecule is CCO/N=C/c1cnc(C)c(SCC)n1. The molecular formula is C10H15N3OS. The van der Waals surface area contributed by atoms with Crippen LogP contribution in [0.15, 0.2) is 16.4 Å². The van der Waals surface area contributed by atoms with Gasteiger partial charge in [0.15, 0.2) is 0 Å². The molecule has 0 radical (unpaired) electrons. The summed E-state index contributed by atoms with van der Waals surface area (Å²) in [5.41, 5.74) is 1.68. The first-order valence-corrected chi connectivity index (χ1v) is 5.88. The third-order valence-corrected chi connectivity index (χ3v) is 2.55. The molecule has 0 unspecified atom stereocenters. The van der Waals surface area contributed by atoms with E-state index in [2.05, 4.69) is 22.0 Å². The molecular weight excluding hydrogens is 210 g/mol. The van der Waals surface area contributed by atoms with Gasteiger partial charge in [0.2, 0.25) is 0 Å². The Morgan fingerprint density at radius 3 is 3.00 bits per heavy atom. The average Bonchev–Trinajstić information content (AvgIpc) is 2.23. The summed E-state index contributed by atoms with van der Waals surface area (Å²) < 4.78 is 0. The Morgan fingerprint density at radius 1 is 1.53 bits per heavy atom. The highest BCUT2D eigenvalue weighted by Crippen LogP contribution is 2.17. The lowest BCUT2D eigenvalue weighted by Crippen LogP contribution is -1.96. The maximum Gasteiger partial charge on any atom is 0.118 e. The molecule has 1 aromatic rings. The van der Waals surface area contributed by atoms with Crippen LogP contribution in [-0.4, -0.2) is 28.5 Å². The molecule has 1 rings (SSSR count). The summed E-state index contributed by atoms with van der Waals surface area (Å²) >= 11 is 1.68. The zero-order valence-electron chi connectivity index (χ0n) is 9.23. The Morgan fingerprint density at radius 2 is 2.33 bits per heavy atom. The Balaban J connectivity index is 2.77. The van der Waals surface area contributed by atoms with Crippen LogP contribution in [0.3, 0.4) is 0 Å². The number of nitrogens with zero attached hydrogens (tertiary/aromatic N) is 3. The summed E-state index contributed by atoms with van der Waals surface area (Å²) in [6, 6.07) is 0. The van der Waals surface area contributed by atoms with E-state index in [1.807, 2.05) is 13.8 Å². The van der Waals surface area contributed by atoms with Gasteiger partial charge in [0.05, 0.1) is 18.1 Å². The van der Waals surface area contributed by atoms with Crippen LogP contribution in [0.2, 0.25) is 0 Å². The van der Waals surface area contributed by atoms with Gasteiger partial charge < -0.3 is 4.84 Å². The van der Waals surface area contributed by atoms with E-state index in [-0.39, 0.29) is 0 Å². The number of hydrogen-bond acceptors (Lipinski definition) is 5. The standard InChI is InChI=1S/C10H15N3OS/c1-4-14-12-7-9-6-11-8(3)10(13-9)15-5-2/h6-7H,4-5H2,1-3H3/b12-7+. The number of aromatic nitrogens is 2. The van der Waals surface area contributed by atoms with Crippen molar-refractivity contribution in [1.82, 2.24) is 9.97 Å². The minimum atomic E-state index is 0.562. The minimum absolute atomic E-state index is 0.562. The molecule has 15 heavy (non-hydrogen) atoms. The smallest absolute Gasteiger partial charge is 0.118 e. The highest BCUT2D eigenvalue weighted by Gasteiger charge is 2.01. The summed E-state index contributed by atoms with van der Waals surface area (Å²) in [5, 5.41) is 4.71. The van der Waals surface area contributed by atoms with E-state index in [1.165, 1.54) is 0 Å². The average molecular weight is 225 g/mol. The van der Waals surface area contributed by atoms with E-state index in [0.29, 0.717) is 6.61 Å². The van der Waals surface area contributed by atoms with E-state index < -0.39 is 0 Å².